The zero-order chi connectivity index (χ0) is 24.6. The molecule has 0 saturated carbocycles. The summed E-state index contributed by atoms with van der Waals surface area (Å²) in [4.78, 5) is 32.7. The van der Waals surface area contributed by atoms with Gasteiger partial charge < -0.3 is 20.7 Å². The minimum Gasteiger partial charge on any atom is -0.457 e. The van der Waals surface area contributed by atoms with E-state index in [9.17, 15) is 9.59 Å². The van der Waals surface area contributed by atoms with Crippen LogP contribution in [0.1, 0.15) is 30.0 Å². The zero-order valence-electron chi connectivity index (χ0n) is 19.9. The van der Waals surface area contributed by atoms with E-state index in [1.54, 1.807) is 11.1 Å². The molecular weight excluding hydrogens is 474 g/mol. The molecular formula is C27H27N5O3S. The molecule has 8 nitrogen and oxygen atoms in total. The Balaban J connectivity index is 1.25. The summed E-state index contributed by atoms with van der Waals surface area (Å²) in [5.74, 6) is 1.37. The van der Waals surface area contributed by atoms with Crippen LogP contribution in [0, 0.1) is 6.92 Å². The van der Waals surface area contributed by atoms with Crippen LogP contribution in [0.5, 0.6) is 11.5 Å². The molecule has 1 saturated heterocycles. The number of rotatable bonds is 6. The van der Waals surface area contributed by atoms with E-state index in [0.717, 1.165) is 52.7 Å². The number of nitrogens with one attached hydrogen (secondary N) is 3. The number of aryl methyl sites for hydroxylation is 1. The fraction of sp³-hybridized carbons (Fsp3) is 0.296. The third-order valence-corrected chi connectivity index (χ3v) is 8.13. The predicted octanol–water partition coefficient (Wildman–Crippen LogP) is 4.43. The van der Waals surface area contributed by atoms with Gasteiger partial charge in [-0.3, -0.25) is 9.69 Å². The number of pyridine rings is 1. The second-order valence-corrected chi connectivity index (χ2v) is 10.4. The average Bonchev–Trinajstić information content (AvgIpc) is 3.53. The Morgan fingerprint density at radius 1 is 1.17 bits per heavy atom. The lowest BCUT2D eigenvalue weighted by Gasteiger charge is -2.35. The molecule has 9 heteroatoms. The molecule has 36 heavy (non-hydrogen) atoms. The van der Waals surface area contributed by atoms with Crippen molar-refractivity contribution < 1.29 is 14.3 Å². The Bertz CT molecular complexity index is 1310. The van der Waals surface area contributed by atoms with Crippen LogP contribution in [-0.2, 0) is 4.79 Å². The Labute approximate surface area is 213 Å². The van der Waals surface area contributed by atoms with Gasteiger partial charge in [0.1, 0.15) is 21.8 Å². The van der Waals surface area contributed by atoms with Gasteiger partial charge in [-0.15, -0.1) is 0 Å². The van der Waals surface area contributed by atoms with E-state index in [1.165, 1.54) is 11.8 Å². The largest absolute Gasteiger partial charge is 0.457 e. The molecule has 2 unspecified atom stereocenters. The first-order valence-electron chi connectivity index (χ1n) is 12.2. The summed E-state index contributed by atoms with van der Waals surface area (Å²) in [7, 11) is 0. The first kappa shape index (κ1) is 22.9. The number of para-hydroxylation sites is 1. The molecule has 1 fully saturated rings. The molecule has 2 aromatic carbocycles. The summed E-state index contributed by atoms with van der Waals surface area (Å²) in [6.45, 7) is 3.54. The summed E-state index contributed by atoms with van der Waals surface area (Å²) >= 11 is 1.42. The molecule has 0 spiro atoms. The van der Waals surface area contributed by atoms with Crippen LogP contribution >= 0.6 is 11.8 Å². The minimum atomic E-state index is -0.455. The summed E-state index contributed by atoms with van der Waals surface area (Å²) in [5, 5.41) is 9.88. The topological polar surface area (TPSA) is 95.6 Å². The lowest BCUT2D eigenvalue weighted by atomic mass is 9.99. The number of hydrogen-bond acceptors (Lipinski definition) is 6. The highest BCUT2D eigenvalue weighted by Gasteiger charge is 2.46. The number of carbonyl (C=O) groups is 2. The van der Waals surface area contributed by atoms with Crippen molar-refractivity contribution in [3.63, 3.8) is 0 Å². The van der Waals surface area contributed by atoms with E-state index >= 15 is 0 Å². The molecule has 3 amide bonds. The van der Waals surface area contributed by atoms with Crippen LogP contribution in [0.15, 0.2) is 65.8 Å². The van der Waals surface area contributed by atoms with E-state index in [2.05, 4.69) is 20.9 Å². The fourth-order valence-electron chi connectivity index (χ4n) is 5.09. The van der Waals surface area contributed by atoms with Crippen molar-refractivity contribution in [2.45, 2.75) is 42.1 Å². The predicted molar refractivity (Wildman–Crippen MR) is 139 cm³/mol. The van der Waals surface area contributed by atoms with Gasteiger partial charge in [0.05, 0.1) is 17.4 Å². The van der Waals surface area contributed by atoms with Gasteiger partial charge in [0.2, 0.25) is 5.91 Å². The van der Waals surface area contributed by atoms with Gasteiger partial charge in [-0.2, -0.15) is 0 Å². The summed E-state index contributed by atoms with van der Waals surface area (Å²) in [6, 6.07) is 16.7. The van der Waals surface area contributed by atoms with Gasteiger partial charge in [-0.25, -0.2) is 9.78 Å². The Hall–Kier alpha value is -3.56. The van der Waals surface area contributed by atoms with Gasteiger partial charge >= 0.3 is 6.03 Å². The summed E-state index contributed by atoms with van der Waals surface area (Å²) in [5.41, 5.74) is 3.30. The Morgan fingerprint density at radius 3 is 2.81 bits per heavy atom. The van der Waals surface area contributed by atoms with Crippen molar-refractivity contribution in [3.05, 3.63) is 71.9 Å². The van der Waals surface area contributed by atoms with E-state index < -0.39 is 11.3 Å². The molecule has 0 radical (unpaired) electrons. The Morgan fingerprint density at radius 2 is 2.03 bits per heavy atom. The number of thioether (sulfide) groups is 1. The number of hydrogen-bond donors (Lipinski definition) is 3. The third-order valence-electron chi connectivity index (χ3n) is 6.84. The van der Waals surface area contributed by atoms with E-state index in [1.807, 2.05) is 61.5 Å². The molecule has 6 rings (SSSR count). The lowest BCUT2D eigenvalue weighted by Crippen LogP contribution is -2.50. The number of nitrogens with zero attached hydrogens (tertiary/aromatic N) is 2. The molecule has 3 N–H and O–H groups in total. The highest BCUT2D eigenvalue weighted by atomic mass is 32.2. The summed E-state index contributed by atoms with van der Waals surface area (Å²) < 4.78 is 5.96. The normalized spacial score (nSPS) is 22.2. The molecule has 3 aliphatic rings. The SMILES string of the molecule is Cc1cc(Oc2ccccc2)ccc1N1C(=O)NC2c3c1ccnc3S[C@H]2C(=O)NCC1CCCN1. The zero-order valence-corrected chi connectivity index (χ0v) is 20.7. The van der Waals surface area contributed by atoms with Gasteiger partial charge in [0.15, 0.2) is 0 Å². The maximum atomic E-state index is 13.4. The number of urea groups is 1. The van der Waals surface area contributed by atoms with Gasteiger partial charge in [-0.05, 0) is 68.3 Å². The van der Waals surface area contributed by atoms with Crippen molar-refractivity contribution in [1.29, 1.82) is 0 Å². The molecule has 3 aromatic rings. The molecule has 3 aliphatic heterocycles. The van der Waals surface area contributed by atoms with E-state index in [-0.39, 0.29) is 11.9 Å². The van der Waals surface area contributed by atoms with Crippen LogP contribution in [0.2, 0.25) is 0 Å². The van der Waals surface area contributed by atoms with Crippen LogP contribution in [-0.4, -0.2) is 41.3 Å². The smallest absolute Gasteiger partial charge is 0.327 e. The molecule has 1 aromatic heterocycles. The number of ether oxygens (including phenoxy) is 1. The lowest BCUT2D eigenvalue weighted by molar-refractivity contribution is -0.121. The fourth-order valence-corrected chi connectivity index (χ4v) is 6.34. The average molecular weight is 502 g/mol. The van der Waals surface area contributed by atoms with Crippen LogP contribution in [0.4, 0.5) is 16.2 Å². The number of benzene rings is 2. The highest BCUT2D eigenvalue weighted by Crippen LogP contribution is 2.51. The second-order valence-electron chi connectivity index (χ2n) is 9.25. The van der Waals surface area contributed by atoms with E-state index in [0.29, 0.717) is 18.3 Å². The molecule has 184 valence electrons. The van der Waals surface area contributed by atoms with Crippen LogP contribution in [0.25, 0.3) is 0 Å². The molecule has 0 bridgehead atoms. The van der Waals surface area contributed by atoms with Crippen molar-refractivity contribution in [2.24, 2.45) is 0 Å². The van der Waals surface area contributed by atoms with Crippen molar-refractivity contribution >= 4 is 35.1 Å². The van der Waals surface area contributed by atoms with Crippen molar-refractivity contribution in [2.75, 3.05) is 18.0 Å². The second kappa shape index (κ2) is 9.48. The van der Waals surface area contributed by atoms with Crippen molar-refractivity contribution in [3.8, 4) is 11.5 Å². The number of amides is 3. The standard InChI is InChI=1S/C27H27N5O3S/c1-16-14-19(35-18-7-3-2-4-8-18)9-10-20(16)32-21-11-13-29-26-22(21)23(31-27(32)34)24(36-26)25(33)30-15-17-6-5-12-28-17/h2-4,7-11,13-14,17,23-24,28H,5-6,12,15H2,1H3,(H,30,33)(H,31,34)/t17?,23?,24-/m1/s1. The highest BCUT2D eigenvalue weighted by molar-refractivity contribution is 8.01. The molecule has 3 atom stereocenters. The Kier molecular flexibility index (Phi) is 6.02. The van der Waals surface area contributed by atoms with Gasteiger partial charge in [0.25, 0.3) is 0 Å². The number of anilines is 2. The molecule has 4 heterocycles. The molecule has 0 aliphatic carbocycles. The van der Waals surface area contributed by atoms with Crippen LogP contribution in [0.3, 0.4) is 0 Å². The quantitative estimate of drug-likeness (QED) is 0.463. The van der Waals surface area contributed by atoms with Gasteiger partial charge in [0, 0.05) is 24.3 Å². The minimum absolute atomic E-state index is 0.0741. The van der Waals surface area contributed by atoms with E-state index in [4.69, 9.17) is 4.74 Å². The first-order valence-corrected chi connectivity index (χ1v) is 13.1. The maximum absolute atomic E-state index is 13.4. The third kappa shape index (κ3) is 4.18. The maximum Gasteiger partial charge on any atom is 0.327 e. The monoisotopic (exact) mass is 501 g/mol. The van der Waals surface area contributed by atoms with Crippen LogP contribution < -0.4 is 25.6 Å². The number of aromatic nitrogens is 1. The van der Waals surface area contributed by atoms with Crippen molar-refractivity contribution in [1.82, 2.24) is 20.9 Å². The number of carbonyl (C=O) groups excluding carboxylic acids is 2. The first-order chi connectivity index (χ1) is 17.6. The van der Waals surface area contributed by atoms with Gasteiger partial charge in [-0.1, -0.05) is 30.0 Å². The summed E-state index contributed by atoms with van der Waals surface area (Å²) in [6.07, 6.45) is 3.90.